The van der Waals surface area contributed by atoms with Crippen molar-refractivity contribution in [2.24, 2.45) is 5.73 Å². The highest BCUT2D eigenvalue weighted by atomic mass is 16.5. The van der Waals surface area contributed by atoms with Gasteiger partial charge in [-0.05, 0) is 55.5 Å². The van der Waals surface area contributed by atoms with Gasteiger partial charge in [0, 0.05) is 13.1 Å². The summed E-state index contributed by atoms with van der Waals surface area (Å²) >= 11 is 0. The number of piperidine rings is 1. The molecule has 1 fully saturated rings. The Balaban J connectivity index is 1.62. The van der Waals surface area contributed by atoms with Crippen LogP contribution in [0.15, 0.2) is 48.5 Å². The van der Waals surface area contributed by atoms with E-state index in [1.54, 1.807) is 0 Å². The van der Waals surface area contributed by atoms with E-state index in [2.05, 4.69) is 42.2 Å². The Morgan fingerprint density at radius 3 is 2.88 bits per heavy atom. The van der Waals surface area contributed by atoms with Crippen LogP contribution in [0.5, 0.6) is 5.75 Å². The number of aryl methyl sites for hydroxylation is 1. The number of rotatable bonds is 6. The molecule has 2 aromatic carbocycles. The third kappa shape index (κ3) is 5.07. The predicted octanol–water partition coefficient (Wildman–Crippen LogP) is 3.24. The van der Waals surface area contributed by atoms with Crippen molar-refractivity contribution in [1.29, 1.82) is 0 Å². The summed E-state index contributed by atoms with van der Waals surface area (Å²) in [6.45, 7) is 5.17. The molecule has 1 atom stereocenters. The van der Waals surface area contributed by atoms with Crippen LogP contribution in [-0.2, 0) is 11.3 Å². The lowest BCUT2D eigenvalue weighted by molar-refractivity contribution is -0.119. The monoisotopic (exact) mass is 338 g/mol. The van der Waals surface area contributed by atoms with Crippen molar-refractivity contribution in [2.75, 3.05) is 19.7 Å². The fourth-order valence-corrected chi connectivity index (χ4v) is 3.54. The largest absolute Gasteiger partial charge is 0.484 e. The van der Waals surface area contributed by atoms with Gasteiger partial charge in [0.1, 0.15) is 5.75 Å². The Kier molecular flexibility index (Phi) is 5.71. The molecule has 0 aliphatic carbocycles. The van der Waals surface area contributed by atoms with E-state index in [-0.39, 0.29) is 6.61 Å². The van der Waals surface area contributed by atoms with Gasteiger partial charge in [0.2, 0.25) is 0 Å². The molecule has 2 aromatic rings. The molecule has 3 rings (SSSR count). The molecule has 4 heteroatoms. The van der Waals surface area contributed by atoms with Crippen molar-refractivity contribution >= 4 is 5.91 Å². The van der Waals surface area contributed by atoms with E-state index in [4.69, 9.17) is 10.5 Å². The summed E-state index contributed by atoms with van der Waals surface area (Å²) in [5.74, 6) is 0.842. The summed E-state index contributed by atoms with van der Waals surface area (Å²) in [4.78, 5) is 13.4. The van der Waals surface area contributed by atoms with Crippen LogP contribution in [0.1, 0.15) is 35.4 Å². The number of nitrogens with two attached hydrogens (primary N) is 1. The number of benzene rings is 2. The first-order valence-corrected chi connectivity index (χ1v) is 8.89. The third-order valence-electron chi connectivity index (χ3n) is 4.70. The second-order valence-electron chi connectivity index (χ2n) is 6.89. The predicted molar refractivity (Wildman–Crippen MR) is 99.6 cm³/mol. The van der Waals surface area contributed by atoms with Crippen LogP contribution in [0.25, 0.3) is 0 Å². The van der Waals surface area contributed by atoms with Gasteiger partial charge < -0.3 is 10.5 Å². The molecule has 132 valence electrons. The van der Waals surface area contributed by atoms with Crippen molar-refractivity contribution in [3.05, 3.63) is 65.2 Å². The molecule has 0 radical (unpaired) electrons. The summed E-state index contributed by atoms with van der Waals surface area (Å²) in [6, 6.07) is 16.8. The zero-order valence-electron chi connectivity index (χ0n) is 14.8. The van der Waals surface area contributed by atoms with Crippen LogP contribution >= 0.6 is 0 Å². The second-order valence-corrected chi connectivity index (χ2v) is 6.89. The Morgan fingerprint density at radius 2 is 2.08 bits per heavy atom. The number of carbonyl (C=O) groups is 1. The fraction of sp³-hybridized carbons (Fsp3) is 0.381. The first-order chi connectivity index (χ1) is 12.1. The minimum absolute atomic E-state index is 0.0808. The van der Waals surface area contributed by atoms with Crippen molar-refractivity contribution in [2.45, 2.75) is 32.2 Å². The number of ether oxygens (including phenoxy) is 1. The van der Waals surface area contributed by atoms with E-state index in [0.29, 0.717) is 11.7 Å². The molecule has 1 heterocycles. The molecule has 1 saturated heterocycles. The van der Waals surface area contributed by atoms with E-state index in [0.717, 1.165) is 19.6 Å². The molecule has 25 heavy (non-hydrogen) atoms. The lowest BCUT2D eigenvalue weighted by Crippen LogP contribution is -2.33. The number of hydrogen-bond donors (Lipinski definition) is 1. The number of carbonyl (C=O) groups excluding carboxylic acids is 1. The number of likely N-dealkylation sites (tertiary alicyclic amines) is 1. The maximum Gasteiger partial charge on any atom is 0.255 e. The van der Waals surface area contributed by atoms with Crippen molar-refractivity contribution < 1.29 is 9.53 Å². The molecule has 0 unspecified atom stereocenters. The van der Waals surface area contributed by atoms with Crippen LogP contribution in [0.2, 0.25) is 0 Å². The van der Waals surface area contributed by atoms with E-state index in [1.165, 1.54) is 29.5 Å². The van der Waals surface area contributed by atoms with Crippen LogP contribution in [0.3, 0.4) is 0 Å². The molecule has 0 aromatic heterocycles. The zero-order chi connectivity index (χ0) is 17.6. The molecular formula is C21H26N2O2. The number of amides is 1. The lowest BCUT2D eigenvalue weighted by atomic mass is 9.89. The molecule has 0 spiro atoms. The average Bonchev–Trinajstić information content (AvgIpc) is 2.61. The zero-order valence-corrected chi connectivity index (χ0v) is 14.8. The van der Waals surface area contributed by atoms with Gasteiger partial charge in [-0.15, -0.1) is 0 Å². The Hall–Kier alpha value is -2.33. The van der Waals surface area contributed by atoms with Crippen molar-refractivity contribution in [3.8, 4) is 5.75 Å². The summed E-state index contributed by atoms with van der Waals surface area (Å²) in [5.41, 5.74) is 9.11. The minimum Gasteiger partial charge on any atom is -0.484 e. The van der Waals surface area contributed by atoms with Crippen LogP contribution < -0.4 is 10.5 Å². The van der Waals surface area contributed by atoms with Gasteiger partial charge in [0.25, 0.3) is 5.91 Å². The van der Waals surface area contributed by atoms with Crippen LogP contribution in [0.4, 0.5) is 0 Å². The first-order valence-electron chi connectivity index (χ1n) is 8.89. The molecule has 4 nitrogen and oxygen atoms in total. The van der Waals surface area contributed by atoms with Gasteiger partial charge in [-0.25, -0.2) is 0 Å². The summed E-state index contributed by atoms with van der Waals surface area (Å²) in [7, 11) is 0. The smallest absolute Gasteiger partial charge is 0.255 e. The third-order valence-corrected chi connectivity index (χ3v) is 4.70. The SMILES string of the molecule is Cc1cccc([C@H]2CCCN(Cc3cccc(OCC(N)=O)c3)C2)c1. The number of nitrogens with zero attached hydrogens (tertiary/aromatic N) is 1. The normalized spacial score (nSPS) is 18.0. The van der Waals surface area contributed by atoms with Gasteiger partial charge in [0.15, 0.2) is 6.61 Å². The molecule has 1 aliphatic rings. The van der Waals surface area contributed by atoms with Gasteiger partial charge in [-0.2, -0.15) is 0 Å². The maximum atomic E-state index is 10.9. The van der Waals surface area contributed by atoms with Crippen LogP contribution in [0, 0.1) is 6.92 Å². The van der Waals surface area contributed by atoms with Gasteiger partial charge >= 0.3 is 0 Å². The Morgan fingerprint density at radius 1 is 1.24 bits per heavy atom. The molecule has 2 N–H and O–H groups in total. The molecule has 0 saturated carbocycles. The van der Waals surface area contributed by atoms with E-state index in [9.17, 15) is 4.79 Å². The van der Waals surface area contributed by atoms with Crippen LogP contribution in [-0.4, -0.2) is 30.5 Å². The topological polar surface area (TPSA) is 55.6 Å². The maximum absolute atomic E-state index is 10.9. The quantitative estimate of drug-likeness (QED) is 0.880. The number of hydrogen-bond acceptors (Lipinski definition) is 3. The van der Waals surface area contributed by atoms with Crippen molar-refractivity contribution in [3.63, 3.8) is 0 Å². The van der Waals surface area contributed by atoms with E-state index < -0.39 is 5.91 Å². The fourth-order valence-electron chi connectivity index (χ4n) is 3.54. The second kappa shape index (κ2) is 8.17. The van der Waals surface area contributed by atoms with Gasteiger partial charge in [-0.1, -0.05) is 42.0 Å². The number of primary amides is 1. The summed E-state index contributed by atoms with van der Waals surface area (Å²) < 4.78 is 5.41. The standard InChI is InChI=1S/C21H26N2O2/c1-16-5-2-7-18(11-16)19-8-4-10-23(14-19)13-17-6-3-9-20(12-17)25-15-21(22)24/h2-3,5-7,9,11-12,19H,4,8,10,13-15H2,1H3,(H2,22,24)/t19-/m0/s1. The summed E-state index contributed by atoms with van der Waals surface area (Å²) in [5, 5.41) is 0. The lowest BCUT2D eigenvalue weighted by Gasteiger charge is -2.33. The molecule has 1 amide bonds. The Bertz CT molecular complexity index is 729. The van der Waals surface area contributed by atoms with Gasteiger partial charge in [0.05, 0.1) is 0 Å². The highest BCUT2D eigenvalue weighted by Crippen LogP contribution is 2.28. The first kappa shape index (κ1) is 17.5. The highest BCUT2D eigenvalue weighted by Gasteiger charge is 2.21. The Labute approximate surface area is 149 Å². The van der Waals surface area contributed by atoms with E-state index >= 15 is 0 Å². The molecule has 0 bridgehead atoms. The van der Waals surface area contributed by atoms with Crippen molar-refractivity contribution in [1.82, 2.24) is 4.90 Å². The minimum atomic E-state index is -0.456. The van der Waals surface area contributed by atoms with Gasteiger partial charge in [-0.3, -0.25) is 9.69 Å². The highest BCUT2D eigenvalue weighted by molar-refractivity contribution is 5.75. The van der Waals surface area contributed by atoms with E-state index in [1.807, 2.05) is 18.2 Å². The average molecular weight is 338 g/mol. The molecule has 1 aliphatic heterocycles. The molecular weight excluding hydrogens is 312 g/mol. The summed E-state index contributed by atoms with van der Waals surface area (Å²) in [6.07, 6.45) is 2.47.